The molecule has 0 radical (unpaired) electrons. The molecule has 0 saturated heterocycles. The first-order valence-electron chi connectivity index (χ1n) is 7.07. The second-order valence-electron chi connectivity index (χ2n) is 5.57. The van der Waals surface area contributed by atoms with Gasteiger partial charge < -0.3 is 0 Å². The second kappa shape index (κ2) is 6.97. The summed E-state index contributed by atoms with van der Waals surface area (Å²) in [4.78, 5) is 4.73. The molecule has 1 aromatic carbocycles. The maximum Gasteiger partial charge on any atom is 0.0948 e. The molecule has 0 aliphatic rings. The van der Waals surface area contributed by atoms with Gasteiger partial charge in [0.05, 0.1) is 10.7 Å². The first kappa shape index (κ1) is 15.2. The molecule has 0 aliphatic heterocycles. The average Bonchev–Trinajstić information content (AvgIpc) is 2.93. The number of hydrogen-bond acceptors (Lipinski definition) is 4. The quantitative estimate of drug-likeness (QED) is 0.632. The number of nitrogens with two attached hydrogens (primary N) is 1. The van der Waals surface area contributed by atoms with Gasteiger partial charge in [0.15, 0.2) is 0 Å². The number of nitrogens with zero attached hydrogens (tertiary/aromatic N) is 1. The molecule has 2 atom stereocenters. The van der Waals surface area contributed by atoms with Gasteiger partial charge in [-0.15, -0.1) is 11.3 Å². The summed E-state index contributed by atoms with van der Waals surface area (Å²) in [6.07, 6.45) is 0.882. The highest BCUT2D eigenvalue weighted by atomic mass is 32.1. The van der Waals surface area contributed by atoms with Crippen LogP contribution >= 0.6 is 11.3 Å². The van der Waals surface area contributed by atoms with Crippen LogP contribution in [0.1, 0.15) is 25.8 Å². The van der Waals surface area contributed by atoms with E-state index in [4.69, 9.17) is 10.8 Å². The molecular formula is C16H23N3S. The molecule has 20 heavy (non-hydrogen) atoms. The molecule has 0 fully saturated rings. The van der Waals surface area contributed by atoms with Gasteiger partial charge in [0, 0.05) is 23.4 Å². The maximum absolute atomic E-state index is 5.70. The fourth-order valence-electron chi connectivity index (χ4n) is 2.20. The lowest BCUT2D eigenvalue weighted by Gasteiger charge is -2.25. The second-order valence-corrected chi connectivity index (χ2v) is 6.52. The Balaban J connectivity index is 2.09. The zero-order valence-electron chi connectivity index (χ0n) is 12.3. The Morgan fingerprint density at radius 2 is 1.90 bits per heavy atom. The fourth-order valence-corrected chi connectivity index (χ4v) is 3.06. The Morgan fingerprint density at radius 3 is 2.50 bits per heavy atom. The zero-order chi connectivity index (χ0) is 14.5. The number of hydrogen-bond donors (Lipinski definition) is 2. The van der Waals surface area contributed by atoms with Gasteiger partial charge in [-0.25, -0.2) is 4.98 Å². The predicted octanol–water partition coefficient (Wildman–Crippen LogP) is 3.48. The number of benzene rings is 1. The van der Waals surface area contributed by atoms with E-state index in [2.05, 4.69) is 43.7 Å². The van der Waals surface area contributed by atoms with E-state index in [9.17, 15) is 0 Å². The summed E-state index contributed by atoms with van der Waals surface area (Å²) in [5, 5.41) is 3.26. The molecule has 0 saturated carbocycles. The Hall–Kier alpha value is -1.23. The monoisotopic (exact) mass is 289 g/mol. The topological polar surface area (TPSA) is 50.9 Å². The van der Waals surface area contributed by atoms with E-state index in [1.54, 1.807) is 11.3 Å². The van der Waals surface area contributed by atoms with E-state index >= 15 is 0 Å². The molecule has 1 aromatic heterocycles. The van der Waals surface area contributed by atoms with Crippen molar-refractivity contribution in [3.8, 4) is 11.3 Å². The Labute approximate surface area is 125 Å². The van der Waals surface area contributed by atoms with Crippen LogP contribution in [0.3, 0.4) is 0 Å². The standard InChI is InChI=1S/C16H23N3S/c1-11(2)12(3)14(19-17)9-16-18-15(10-20-16)13-7-5-4-6-8-13/h4-8,10-12,14,19H,9,17H2,1-3H3. The fraction of sp³-hybridized carbons (Fsp3) is 0.438. The van der Waals surface area contributed by atoms with Crippen LogP contribution < -0.4 is 11.3 Å². The summed E-state index contributed by atoms with van der Waals surface area (Å²) in [7, 11) is 0. The number of nitrogens with one attached hydrogen (secondary N) is 1. The molecule has 3 N–H and O–H groups in total. The molecule has 4 heteroatoms. The van der Waals surface area contributed by atoms with Gasteiger partial charge in [-0.1, -0.05) is 51.1 Å². The van der Waals surface area contributed by atoms with Gasteiger partial charge in [-0.2, -0.15) is 0 Å². The molecule has 108 valence electrons. The molecule has 0 aliphatic carbocycles. The number of thiazole rings is 1. The molecule has 1 heterocycles. The zero-order valence-corrected chi connectivity index (χ0v) is 13.2. The molecule has 2 aromatic rings. The summed E-state index contributed by atoms with van der Waals surface area (Å²) in [6, 6.07) is 10.6. The highest BCUT2D eigenvalue weighted by molar-refractivity contribution is 7.09. The third-order valence-electron chi connectivity index (χ3n) is 3.92. The minimum absolute atomic E-state index is 0.268. The SMILES string of the molecule is CC(C)C(C)C(Cc1nc(-c2ccccc2)cs1)NN. The normalized spacial score (nSPS) is 14.4. The van der Waals surface area contributed by atoms with Crippen LogP contribution in [0.2, 0.25) is 0 Å². The number of hydrazine groups is 1. The van der Waals surface area contributed by atoms with Crippen molar-refractivity contribution in [2.75, 3.05) is 0 Å². The van der Waals surface area contributed by atoms with Gasteiger partial charge >= 0.3 is 0 Å². The van der Waals surface area contributed by atoms with Crippen LogP contribution in [-0.4, -0.2) is 11.0 Å². The smallest absolute Gasteiger partial charge is 0.0948 e. The van der Waals surface area contributed by atoms with Crippen molar-refractivity contribution >= 4 is 11.3 Å². The van der Waals surface area contributed by atoms with E-state index in [0.29, 0.717) is 11.8 Å². The summed E-state index contributed by atoms with van der Waals surface area (Å²) >= 11 is 1.71. The largest absolute Gasteiger partial charge is 0.271 e. The molecule has 0 spiro atoms. The van der Waals surface area contributed by atoms with Crippen LogP contribution in [-0.2, 0) is 6.42 Å². The van der Waals surface area contributed by atoms with Crippen molar-refractivity contribution in [2.24, 2.45) is 17.7 Å². The third kappa shape index (κ3) is 3.66. The first-order valence-corrected chi connectivity index (χ1v) is 7.95. The molecule has 0 bridgehead atoms. The molecule has 0 amide bonds. The van der Waals surface area contributed by atoms with Crippen molar-refractivity contribution in [1.82, 2.24) is 10.4 Å². The highest BCUT2D eigenvalue weighted by Gasteiger charge is 2.20. The highest BCUT2D eigenvalue weighted by Crippen LogP contribution is 2.24. The Kier molecular flexibility index (Phi) is 5.29. The number of aromatic nitrogens is 1. The van der Waals surface area contributed by atoms with E-state index in [1.165, 1.54) is 5.56 Å². The van der Waals surface area contributed by atoms with E-state index < -0.39 is 0 Å². The minimum Gasteiger partial charge on any atom is -0.271 e. The van der Waals surface area contributed by atoms with E-state index in [0.717, 1.165) is 17.1 Å². The first-order chi connectivity index (χ1) is 9.61. The molecule has 2 rings (SSSR count). The Morgan fingerprint density at radius 1 is 1.20 bits per heavy atom. The summed E-state index contributed by atoms with van der Waals surface area (Å²) in [6.45, 7) is 6.69. The van der Waals surface area contributed by atoms with Gasteiger partial charge in [-0.3, -0.25) is 11.3 Å². The predicted molar refractivity (Wildman–Crippen MR) is 86.4 cm³/mol. The van der Waals surface area contributed by atoms with E-state index in [-0.39, 0.29) is 6.04 Å². The van der Waals surface area contributed by atoms with Crippen LogP contribution in [0.5, 0.6) is 0 Å². The maximum atomic E-state index is 5.70. The van der Waals surface area contributed by atoms with Crippen molar-refractivity contribution in [3.05, 3.63) is 40.7 Å². The van der Waals surface area contributed by atoms with Gasteiger partial charge in [0.25, 0.3) is 0 Å². The van der Waals surface area contributed by atoms with Crippen molar-refractivity contribution in [2.45, 2.75) is 33.2 Å². The summed E-state index contributed by atoms with van der Waals surface area (Å²) in [5.41, 5.74) is 5.17. The average molecular weight is 289 g/mol. The van der Waals surface area contributed by atoms with E-state index in [1.807, 2.05) is 18.2 Å². The Bertz CT molecular complexity index is 522. The van der Waals surface area contributed by atoms with Gasteiger partial charge in [0.1, 0.15) is 0 Å². The summed E-state index contributed by atoms with van der Waals surface area (Å²) < 4.78 is 0. The molecule has 3 nitrogen and oxygen atoms in total. The minimum atomic E-state index is 0.268. The van der Waals surface area contributed by atoms with Crippen molar-refractivity contribution < 1.29 is 0 Å². The van der Waals surface area contributed by atoms with Gasteiger partial charge in [-0.05, 0) is 11.8 Å². The number of rotatable bonds is 6. The van der Waals surface area contributed by atoms with Crippen LogP contribution in [0.15, 0.2) is 35.7 Å². The van der Waals surface area contributed by atoms with Crippen molar-refractivity contribution in [1.29, 1.82) is 0 Å². The van der Waals surface area contributed by atoms with Gasteiger partial charge in [0.2, 0.25) is 0 Å². The summed E-state index contributed by atoms with van der Waals surface area (Å²) in [5.74, 6) is 6.82. The lowest BCUT2D eigenvalue weighted by atomic mass is 9.89. The molecule has 2 unspecified atom stereocenters. The molecular weight excluding hydrogens is 266 g/mol. The van der Waals surface area contributed by atoms with Crippen LogP contribution in [0.25, 0.3) is 11.3 Å². The lowest BCUT2D eigenvalue weighted by Crippen LogP contribution is -2.43. The third-order valence-corrected chi connectivity index (χ3v) is 4.79. The van der Waals surface area contributed by atoms with Crippen molar-refractivity contribution in [3.63, 3.8) is 0 Å². The van der Waals surface area contributed by atoms with Crippen LogP contribution in [0, 0.1) is 11.8 Å². The van der Waals surface area contributed by atoms with Crippen LogP contribution in [0.4, 0.5) is 0 Å². The lowest BCUT2D eigenvalue weighted by molar-refractivity contribution is 0.299.